The van der Waals surface area contributed by atoms with Crippen molar-refractivity contribution < 1.29 is 18.0 Å². The smallest absolute Gasteiger partial charge is 0.339 e. The predicted octanol–water partition coefficient (Wildman–Crippen LogP) is 5.11. The Hall–Kier alpha value is -3.42. The number of carbonyl (C=O) groups is 1. The minimum Gasteiger partial charge on any atom is -0.339 e. The molecule has 1 aromatic heterocycles. The number of aromatic nitrogens is 2. The quantitative estimate of drug-likeness (QED) is 0.654. The van der Waals surface area contributed by atoms with Crippen molar-refractivity contribution in [3.05, 3.63) is 77.2 Å². The number of halogens is 3. The van der Waals surface area contributed by atoms with Crippen LogP contribution in [0, 0.1) is 13.8 Å². The summed E-state index contributed by atoms with van der Waals surface area (Å²) < 4.78 is 38.3. The van der Waals surface area contributed by atoms with Crippen molar-refractivity contribution in [2.24, 2.45) is 0 Å². The zero-order valence-corrected chi connectivity index (χ0v) is 15.1. The van der Waals surface area contributed by atoms with Gasteiger partial charge in [-0.15, -0.1) is 0 Å². The molecule has 0 fully saturated rings. The van der Waals surface area contributed by atoms with Gasteiger partial charge in [0.2, 0.25) is 0 Å². The van der Waals surface area contributed by atoms with Crippen LogP contribution in [0.25, 0.3) is 0 Å². The SMILES string of the molecule is Cc1ccc(C)c(NC(=O)c2cnc(Nc3cccc(C(F)(F)F)c3)cn2)c1. The van der Waals surface area contributed by atoms with Gasteiger partial charge in [0.1, 0.15) is 11.5 Å². The fourth-order valence-corrected chi connectivity index (χ4v) is 2.49. The lowest BCUT2D eigenvalue weighted by molar-refractivity contribution is -0.137. The topological polar surface area (TPSA) is 66.9 Å². The predicted molar refractivity (Wildman–Crippen MR) is 101 cm³/mol. The zero-order valence-electron chi connectivity index (χ0n) is 15.1. The molecule has 0 unspecified atom stereocenters. The number of rotatable bonds is 4. The van der Waals surface area contributed by atoms with Gasteiger partial charge in [0.15, 0.2) is 0 Å². The Labute approximate surface area is 159 Å². The van der Waals surface area contributed by atoms with E-state index in [4.69, 9.17) is 0 Å². The average Bonchev–Trinajstić information content (AvgIpc) is 2.65. The van der Waals surface area contributed by atoms with Crippen LogP contribution in [0.5, 0.6) is 0 Å². The molecule has 1 heterocycles. The third-order valence-corrected chi connectivity index (χ3v) is 3.99. The van der Waals surface area contributed by atoms with Crippen LogP contribution in [-0.2, 0) is 6.18 Å². The van der Waals surface area contributed by atoms with Crippen molar-refractivity contribution in [2.75, 3.05) is 10.6 Å². The first-order valence-corrected chi connectivity index (χ1v) is 8.37. The molecule has 0 bridgehead atoms. The maximum absolute atomic E-state index is 12.8. The number of alkyl halides is 3. The largest absolute Gasteiger partial charge is 0.416 e. The number of hydrogen-bond donors (Lipinski definition) is 2. The first kappa shape index (κ1) is 19.3. The summed E-state index contributed by atoms with van der Waals surface area (Å²) >= 11 is 0. The van der Waals surface area contributed by atoms with Crippen LogP contribution in [0.3, 0.4) is 0 Å². The second-order valence-corrected chi connectivity index (χ2v) is 6.26. The van der Waals surface area contributed by atoms with Crippen LogP contribution >= 0.6 is 0 Å². The summed E-state index contributed by atoms with van der Waals surface area (Å²) in [7, 11) is 0. The summed E-state index contributed by atoms with van der Waals surface area (Å²) in [6.07, 6.45) is -1.88. The Morgan fingerprint density at radius 3 is 2.46 bits per heavy atom. The van der Waals surface area contributed by atoms with Gasteiger partial charge in [0.25, 0.3) is 5.91 Å². The Balaban J connectivity index is 1.71. The van der Waals surface area contributed by atoms with E-state index >= 15 is 0 Å². The third-order valence-electron chi connectivity index (χ3n) is 3.99. The van der Waals surface area contributed by atoms with Crippen LogP contribution in [0.4, 0.5) is 30.4 Å². The summed E-state index contributed by atoms with van der Waals surface area (Å²) in [5, 5.41) is 5.52. The fraction of sp³-hybridized carbons (Fsp3) is 0.150. The number of nitrogens with zero attached hydrogens (tertiary/aromatic N) is 2. The Morgan fingerprint density at radius 1 is 1.00 bits per heavy atom. The molecule has 0 aliphatic heterocycles. The number of hydrogen-bond acceptors (Lipinski definition) is 4. The van der Waals surface area contributed by atoms with Gasteiger partial charge in [0, 0.05) is 11.4 Å². The Bertz CT molecular complexity index is 1000. The van der Waals surface area contributed by atoms with Crippen molar-refractivity contribution >= 4 is 23.1 Å². The lowest BCUT2D eigenvalue weighted by Gasteiger charge is -2.11. The molecule has 0 aliphatic rings. The van der Waals surface area contributed by atoms with E-state index in [2.05, 4.69) is 20.6 Å². The van der Waals surface area contributed by atoms with Crippen molar-refractivity contribution in [3.63, 3.8) is 0 Å². The summed E-state index contributed by atoms with van der Waals surface area (Å²) in [5.41, 5.74) is 2.14. The zero-order chi connectivity index (χ0) is 20.3. The van der Waals surface area contributed by atoms with Crippen LogP contribution in [0.2, 0.25) is 0 Å². The molecule has 0 radical (unpaired) electrons. The molecule has 5 nitrogen and oxygen atoms in total. The highest BCUT2D eigenvalue weighted by atomic mass is 19.4. The molecule has 0 spiro atoms. The minimum atomic E-state index is -4.43. The number of benzene rings is 2. The van der Waals surface area contributed by atoms with Gasteiger partial charge >= 0.3 is 6.18 Å². The van der Waals surface area contributed by atoms with E-state index < -0.39 is 17.6 Å². The van der Waals surface area contributed by atoms with Crippen LogP contribution in [0.15, 0.2) is 54.9 Å². The van der Waals surface area contributed by atoms with Gasteiger partial charge in [-0.3, -0.25) is 4.79 Å². The maximum Gasteiger partial charge on any atom is 0.416 e. The number of carbonyl (C=O) groups excluding carboxylic acids is 1. The van der Waals surface area contributed by atoms with E-state index in [0.29, 0.717) is 5.69 Å². The van der Waals surface area contributed by atoms with E-state index in [1.807, 2.05) is 32.0 Å². The van der Waals surface area contributed by atoms with Crippen LogP contribution in [-0.4, -0.2) is 15.9 Å². The van der Waals surface area contributed by atoms with Gasteiger partial charge < -0.3 is 10.6 Å². The summed E-state index contributed by atoms with van der Waals surface area (Å²) in [5.74, 6) is -0.200. The van der Waals surface area contributed by atoms with E-state index in [1.54, 1.807) is 0 Å². The second kappa shape index (κ2) is 7.67. The lowest BCUT2D eigenvalue weighted by atomic mass is 10.1. The lowest BCUT2D eigenvalue weighted by Crippen LogP contribution is -2.15. The molecular formula is C20H17F3N4O. The Kier molecular flexibility index (Phi) is 5.30. The summed E-state index contributed by atoms with van der Waals surface area (Å²) in [6.45, 7) is 3.80. The van der Waals surface area contributed by atoms with E-state index in [9.17, 15) is 18.0 Å². The highest BCUT2D eigenvalue weighted by Crippen LogP contribution is 2.31. The van der Waals surface area contributed by atoms with Crippen molar-refractivity contribution in [1.29, 1.82) is 0 Å². The van der Waals surface area contributed by atoms with Crippen LogP contribution < -0.4 is 10.6 Å². The van der Waals surface area contributed by atoms with Gasteiger partial charge in [-0.05, 0) is 49.2 Å². The van der Waals surface area contributed by atoms with Crippen LogP contribution in [0.1, 0.15) is 27.2 Å². The van der Waals surface area contributed by atoms with Crippen molar-refractivity contribution in [3.8, 4) is 0 Å². The standard InChI is InChI=1S/C20H17F3N4O/c1-12-6-7-13(2)16(8-12)27-19(28)17-10-25-18(11-24-17)26-15-5-3-4-14(9-15)20(21,22)23/h3-11H,1-2H3,(H,25,26)(H,27,28). The molecule has 144 valence electrons. The monoisotopic (exact) mass is 386 g/mol. The number of nitrogens with one attached hydrogen (secondary N) is 2. The average molecular weight is 386 g/mol. The number of amides is 1. The fourth-order valence-electron chi connectivity index (χ4n) is 2.49. The van der Waals surface area contributed by atoms with E-state index in [0.717, 1.165) is 23.3 Å². The normalized spacial score (nSPS) is 11.2. The van der Waals surface area contributed by atoms with Gasteiger partial charge in [-0.25, -0.2) is 9.97 Å². The molecule has 0 saturated heterocycles. The molecular weight excluding hydrogens is 369 g/mol. The highest BCUT2D eigenvalue weighted by Gasteiger charge is 2.30. The molecule has 1 amide bonds. The van der Waals surface area contributed by atoms with Gasteiger partial charge in [-0.1, -0.05) is 18.2 Å². The Morgan fingerprint density at radius 2 is 1.79 bits per heavy atom. The summed E-state index contributed by atoms with van der Waals surface area (Å²) in [6, 6.07) is 10.4. The first-order chi connectivity index (χ1) is 13.2. The highest BCUT2D eigenvalue weighted by molar-refractivity contribution is 6.03. The molecule has 3 aromatic rings. The third kappa shape index (κ3) is 4.64. The molecule has 3 rings (SSSR count). The molecule has 2 aromatic carbocycles. The minimum absolute atomic E-state index is 0.0931. The molecule has 8 heteroatoms. The summed E-state index contributed by atoms with van der Waals surface area (Å²) in [4.78, 5) is 20.4. The number of anilines is 3. The molecule has 0 saturated carbocycles. The molecule has 28 heavy (non-hydrogen) atoms. The first-order valence-electron chi connectivity index (χ1n) is 8.37. The second-order valence-electron chi connectivity index (χ2n) is 6.26. The van der Waals surface area contributed by atoms with E-state index in [-0.39, 0.29) is 17.2 Å². The van der Waals surface area contributed by atoms with Crippen molar-refractivity contribution in [2.45, 2.75) is 20.0 Å². The molecule has 0 aliphatic carbocycles. The van der Waals surface area contributed by atoms with Gasteiger partial charge in [-0.2, -0.15) is 13.2 Å². The molecule has 0 atom stereocenters. The van der Waals surface area contributed by atoms with E-state index in [1.165, 1.54) is 24.5 Å². The maximum atomic E-state index is 12.8. The van der Waals surface area contributed by atoms with Crippen molar-refractivity contribution in [1.82, 2.24) is 9.97 Å². The number of aryl methyl sites for hydroxylation is 2. The van der Waals surface area contributed by atoms with Gasteiger partial charge in [0.05, 0.1) is 18.0 Å². The molecule has 2 N–H and O–H groups in total.